The molecule has 0 bridgehead atoms. The summed E-state index contributed by atoms with van der Waals surface area (Å²) < 4.78 is 20.8. The number of ether oxygens (including phenoxy) is 1. The number of carbonyl (C=O) groups is 1. The van der Waals surface area contributed by atoms with E-state index in [1.54, 1.807) is 18.3 Å². The Hall–Kier alpha value is -3.03. The van der Waals surface area contributed by atoms with Gasteiger partial charge in [0, 0.05) is 19.6 Å². The van der Waals surface area contributed by atoms with Gasteiger partial charge in [0.15, 0.2) is 0 Å². The van der Waals surface area contributed by atoms with E-state index in [0.29, 0.717) is 31.7 Å². The van der Waals surface area contributed by atoms with E-state index in [9.17, 15) is 9.18 Å². The second kappa shape index (κ2) is 10.1. The van der Waals surface area contributed by atoms with Crippen molar-refractivity contribution >= 4 is 5.91 Å². The lowest BCUT2D eigenvalue weighted by Gasteiger charge is -2.35. The van der Waals surface area contributed by atoms with Crippen LogP contribution in [0.1, 0.15) is 40.1 Å². The summed E-state index contributed by atoms with van der Waals surface area (Å²) in [4.78, 5) is 15.4. The molecule has 2 heterocycles. The predicted molar refractivity (Wildman–Crippen MR) is 122 cm³/mol. The molecule has 0 aliphatic carbocycles. The zero-order valence-electron chi connectivity index (χ0n) is 18.6. The number of aromatic nitrogens is 2. The van der Waals surface area contributed by atoms with Crippen LogP contribution in [0.25, 0.3) is 5.69 Å². The summed E-state index contributed by atoms with van der Waals surface area (Å²) in [5.74, 6) is -0.421. The fourth-order valence-corrected chi connectivity index (χ4v) is 4.13. The van der Waals surface area contributed by atoms with Crippen LogP contribution < -0.4 is 5.32 Å². The molecule has 7 heteroatoms. The van der Waals surface area contributed by atoms with Crippen LogP contribution >= 0.6 is 0 Å². The summed E-state index contributed by atoms with van der Waals surface area (Å²) in [6, 6.07) is 14.5. The first kappa shape index (κ1) is 22.2. The third-order valence-corrected chi connectivity index (χ3v) is 5.92. The smallest absolute Gasteiger partial charge is 0.254 e. The Morgan fingerprint density at radius 3 is 2.47 bits per heavy atom. The van der Waals surface area contributed by atoms with Gasteiger partial charge in [0.1, 0.15) is 5.82 Å². The van der Waals surface area contributed by atoms with Crippen LogP contribution in [-0.2, 0) is 11.2 Å². The van der Waals surface area contributed by atoms with Gasteiger partial charge in [-0.05, 0) is 43.2 Å². The highest BCUT2D eigenvalue weighted by Crippen LogP contribution is 2.22. The molecule has 168 valence electrons. The second-order valence-corrected chi connectivity index (χ2v) is 8.03. The van der Waals surface area contributed by atoms with Gasteiger partial charge in [0.25, 0.3) is 5.91 Å². The monoisotopic (exact) mass is 436 g/mol. The third kappa shape index (κ3) is 4.89. The average molecular weight is 437 g/mol. The molecule has 0 radical (unpaired) electrons. The van der Waals surface area contributed by atoms with E-state index in [0.717, 1.165) is 30.0 Å². The largest absolute Gasteiger partial charge is 0.379 e. The van der Waals surface area contributed by atoms with Crippen LogP contribution in [-0.4, -0.2) is 53.4 Å². The molecule has 1 aromatic heterocycles. The first-order valence-corrected chi connectivity index (χ1v) is 11.1. The molecule has 32 heavy (non-hydrogen) atoms. The van der Waals surface area contributed by atoms with Gasteiger partial charge in [0.2, 0.25) is 0 Å². The summed E-state index contributed by atoms with van der Waals surface area (Å²) in [5.41, 5.74) is 4.53. The normalized spacial score (nSPS) is 15.5. The summed E-state index contributed by atoms with van der Waals surface area (Å²) in [6.07, 6.45) is 2.32. The number of nitrogens with zero attached hydrogens (tertiary/aromatic N) is 3. The second-order valence-electron chi connectivity index (χ2n) is 8.03. The standard InChI is InChI=1S/C25H29FN4O2/c1-3-23-22(16-28-30(23)21-10-4-18(2)5-11-21)25(31)27-17-24(29-12-14-32-15-13-29)19-6-8-20(26)9-7-19/h4-11,16,24H,3,12-15,17H2,1-2H3,(H,27,31). The topological polar surface area (TPSA) is 59.4 Å². The van der Waals surface area contributed by atoms with Crippen LogP contribution in [0.4, 0.5) is 4.39 Å². The number of benzene rings is 2. The fourth-order valence-electron chi connectivity index (χ4n) is 4.13. The summed E-state index contributed by atoms with van der Waals surface area (Å²) in [5, 5.41) is 7.57. The van der Waals surface area contributed by atoms with Crippen LogP contribution in [0.3, 0.4) is 0 Å². The molecule has 1 amide bonds. The van der Waals surface area contributed by atoms with E-state index in [-0.39, 0.29) is 17.8 Å². The van der Waals surface area contributed by atoms with Gasteiger partial charge in [-0.1, -0.05) is 36.8 Å². The molecule has 1 unspecified atom stereocenters. The van der Waals surface area contributed by atoms with Crippen molar-refractivity contribution in [2.24, 2.45) is 0 Å². The average Bonchev–Trinajstić information content (AvgIpc) is 3.25. The Bertz CT molecular complexity index is 1040. The van der Waals surface area contributed by atoms with Crippen molar-refractivity contribution in [3.63, 3.8) is 0 Å². The first-order valence-electron chi connectivity index (χ1n) is 11.1. The number of aryl methyl sites for hydroxylation is 1. The van der Waals surface area contributed by atoms with E-state index >= 15 is 0 Å². The minimum atomic E-state index is -0.269. The molecule has 2 aromatic carbocycles. The van der Waals surface area contributed by atoms with E-state index < -0.39 is 0 Å². The van der Waals surface area contributed by atoms with Crippen molar-refractivity contribution in [2.75, 3.05) is 32.8 Å². The number of halogens is 1. The van der Waals surface area contributed by atoms with Crippen molar-refractivity contribution in [2.45, 2.75) is 26.3 Å². The van der Waals surface area contributed by atoms with Crippen molar-refractivity contribution in [1.29, 1.82) is 0 Å². The molecular formula is C25H29FN4O2. The number of hydrogen-bond donors (Lipinski definition) is 1. The molecular weight excluding hydrogens is 407 g/mol. The van der Waals surface area contributed by atoms with Gasteiger partial charge in [-0.3, -0.25) is 9.69 Å². The molecule has 1 atom stereocenters. The lowest BCUT2D eigenvalue weighted by Crippen LogP contribution is -2.43. The lowest BCUT2D eigenvalue weighted by atomic mass is 10.0. The maximum atomic E-state index is 13.5. The van der Waals surface area contributed by atoms with Gasteiger partial charge < -0.3 is 10.1 Å². The molecule has 1 aliphatic rings. The molecule has 1 fully saturated rings. The summed E-state index contributed by atoms with van der Waals surface area (Å²) in [6.45, 7) is 7.31. The number of carbonyl (C=O) groups excluding carboxylic acids is 1. The van der Waals surface area contributed by atoms with E-state index in [1.165, 1.54) is 17.7 Å². The number of rotatable bonds is 7. The number of nitrogens with one attached hydrogen (secondary N) is 1. The van der Waals surface area contributed by atoms with Crippen molar-refractivity contribution in [3.05, 3.63) is 82.9 Å². The zero-order chi connectivity index (χ0) is 22.5. The van der Waals surface area contributed by atoms with E-state index in [2.05, 4.69) is 15.3 Å². The Morgan fingerprint density at radius 1 is 1.12 bits per heavy atom. The minimum Gasteiger partial charge on any atom is -0.379 e. The maximum absolute atomic E-state index is 13.5. The molecule has 4 rings (SSSR count). The first-order chi connectivity index (χ1) is 15.6. The Labute approximate surface area is 188 Å². The van der Waals surface area contributed by atoms with Crippen LogP contribution in [0.5, 0.6) is 0 Å². The maximum Gasteiger partial charge on any atom is 0.254 e. The van der Waals surface area contributed by atoms with Gasteiger partial charge in [-0.25, -0.2) is 9.07 Å². The minimum absolute atomic E-state index is 0.0549. The Balaban J connectivity index is 1.53. The molecule has 1 saturated heterocycles. The highest BCUT2D eigenvalue weighted by atomic mass is 19.1. The molecule has 1 N–H and O–H groups in total. The van der Waals surface area contributed by atoms with Gasteiger partial charge in [-0.15, -0.1) is 0 Å². The lowest BCUT2D eigenvalue weighted by molar-refractivity contribution is 0.0162. The van der Waals surface area contributed by atoms with Gasteiger partial charge in [0.05, 0.1) is 42.4 Å². The van der Waals surface area contributed by atoms with Crippen LogP contribution in [0.2, 0.25) is 0 Å². The predicted octanol–water partition coefficient (Wildman–Crippen LogP) is 3.69. The summed E-state index contributed by atoms with van der Waals surface area (Å²) >= 11 is 0. The molecule has 1 aliphatic heterocycles. The van der Waals surface area contributed by atoms with Crippen molar-refractivity contribution in [1.82, 2.24) is 20.0 Å². The zero-order valence-corrected chi connectivity index (χ0v) is 18.6. The number of morpholine rings is 1. The van der Waals surface area contributed by atoms with Gasteiger partial charge in [-0.2, -0.15) is 5.10 Å². The van der Waals surface area contributed by atoms with Gasteiger partial charge >= 0.3 is 0 Å². The molecule has 6 nitrogen and oxygen atoms in total. The quantitative estimate of drug-likeness (QED) is 0.614. The fraction of sp³-hybridized carbons (Fsp3) is 0.360. The van der Waals surface area contributed by atoms with E-state index in [1.807, 2.05) is 42.8 Å². The third-order valence-electron chi connectivity index (χ3n) is 5.92. The van der Waals surface area contributed by atoms with Crippen molar-refractivity contribution < 1.29 is 13.9 Å². The van der Waals surface area contributed by atoms with Crippen LogP contribution in [0.15, 0.2) is 54.7 Å². The molecule has 0 saturated carbocycles. The SMILES string of the molecule is CCc1c(C(=O)NCC(c2ccc(F)cc2)N2CCOCC2)cnn1-c1ccc(C)cc1. The highest BCUT2D eigenvalue weighted by molar-refractivity contribution is 5.95. The molecule has 3 aromatic rings. The molecule has 0 spiro atoms. The highest BCUT2D eigenvalue weighted by Gasteiger charge is 2.24. The Kier molecular flexibility index (Phi) is 6.97. The van der Waals surface area contributed by atoms with Crippen molar-refractivity contribution in [3.8, 4) is 5.69 Å². The van der Waals surface area contributed by atoms with Crippen LogP contribution in [0, 0.1) is 12.7 Å². The summed E-state index contributed by atoms with van der Waals surface area (Å²) in [7, 11) is 0. The van der Waals surface area contributed by atoms with E-state index in [4.69, 9.17) is 4.74 Å². The Morgan fingerprint density at radius 2 is 1.81 bits per heavy atom. The number of hydrogen-bond acceptors (Lipinski definition) is 4. The number of amides is 1.